The molecule has 0 heterocycles. The number of carbonyl (C=O) groups is 2. The summed E-state index contributed by atoms with van der Waals surface area (Å²) in [5.41, 5.74) is 1.26. The average molecular weight is 386 g/mol. The van der Waals surface area contributed by atoms with E-state index in [1.165, 1.54) is 0 Å². The normalized spacial score (nSPS) is 9.50. The van der Waals surface area contributed by atoms with Gasteiger partial charge in [-0.15, -0.1) is 0 Å². The van der Waals surface area contributed by atoms with Crippen molar-refractivity contribution < 1.29 is 9.59 Å². The Morgan fingerprint density at radius 2 is 1.25 bits per heavy atom. The third-order valence-corrected chi connectivity index (χ3v) is 4.75. The Labute approximate surface area is 97.0 Å². The summed E-state index contributed by atoms with van der Waals surface area (Å²) >= 11 is 4.11. The summed E-state index contributed by atoms with van der Waals surface area (Å²) in [6, 6.07) is 3.31. The van der Waals surface area contributed by atoms with Gasteiger partial charge in [-0.05, 0) is 57.3 Å². The number of carbonyl (C=O) groups excluding carboxylic acids is 2. The minimum Gasteiger partial charge on any atom is -0.298 e. The predicted octanol–water partition coefficient (Wildman–Crippen LogP) is 2.52. The second-order valence-corrected chi connectivity index (χ2v) is 4.27. The van der Waals surface area contributed by atoms with E-state index in [0.29, 0.717) is 11.1 Å². The van der Waals surface area contributed by atoms with Crippen LogP contribution in [0.2, 0.25) is 0 Å². The average Bonchev–Trinajstić information content (AvgIpc) is 2.10. The van der Waals surface area contributed by atoms with Crippen LogP contribution in [0.4, 0.5) is 0 Å². The SMILES string of the molecule is O=Cc1ccc(C=O)c(I)c1I. The summed E-state index contributed by atoms with van der Waals surface area (Å²) in [5, 5.41) is 0. The summed E-state index contributed by atoms with van der Waals surface area (Å²) in [6.45, 7) is 0. The van der Waals surface area contributed by atoms with Crippen molar-refractivity contribution in [2.24, 2.45) is 0 Å². The van der Waals surface area contributed by atoms with Gasteiger partial charge in [-0.25, -0.2) is 0 Å². The van der Waals surface area contributed by atoms with Crippen molar-refractivity contribution in [1.29, 1.82) is 0 Å². The van der Waals surface area contributed by atoms with E-state index in [-0.39, 0.29) is 0 Å². The monoisotopic (exact) mass is 386 g/mol. The summed E-state index contributed by atoms with van der Waals surface area (Å²) in [7, 11) is 0. The Morgan fingerprint density at radius 1 is 0.917 bits per heavy atom. The van der Waals surface area contributed by atoms with Crippen LogP contribution >= 0.6 is 45.2 Å². The molecule has 0 amide bonds. The first kappa shape index (κ1) is 10.1. The predicted molar refractivity (Wildman–Crippen MR) is 62.7 cm³/mol. The van der Waals surface area contributed by atoms with Crippen LogP contribution in [0.5, 0.6) is 0 Å². The van der Waals surface area contributed by atoms with Crippen molar-refractivity contribution >= 4 is 57.8 Å². The highest BCUT2D eigenvalue weighted by atomic mass is 127. The number of halogens is 2. The molecule has 0 atom stereocenters. The maximum atomic E-state index is 10.5. The van der Waals surface area contributed by atoms with Gasteiger partial charge >= 0.3 is 0 Å². The first-order valence-electron chi connectivity index (χ1n) is 3.09. The van der Waals surface area contributed by atoms with Gasteiger partial charge in [0, 0.05) is 18.3 Å². The Kier molecular flexibility index (Phi) is 3.63. The van der Waals surface area contributed by atoms with Crippen molar-refractivity contribution in [1.82, 2.24) is 0 Å². The van der Waals surface area contributed by atoms with Crippen molar-refractivity contribution in [3.63, 3.8) is 0 Å². The molecule has 0 fully saturated rings. The van der Waals surface area contributed by atoms with Gasteiger partial charge in [0.15, 0.2) is 12.6 Å². The Hall–Kier alpha value is 0.0200. The molecule has 0 bridgehead atoms. The zero-order valence-corrected chi connectivity index (χ0v) is 10.2. The molecule has 0 aromatic heterocycles. The maximum absolute atomic E-state index is 10.5. The zero-order chi connectivity index (χ0) is 9.14. The van der Waals surface area contributed by atoms with E-state index in [1.54, 1.807) is 12.1 Å². The molecule has 4 heteroatoms. The van der Waals surface area contributed by atoms with Gasteiger partial charge in [-0.3, -0.25) is 9.59 Å². The van der Waals surface area contributed by atoms with Crippen LogP contribution in [0.25, 0.3) is 0 Å². The van der Waals surface area contributed by atoms with Gasteiger partial charge in [-0.1, -0.05) is 0 Å². The molecule has 0 unspecified atom stereocenters. The molecule has 1 aromatic rings. The molecular formula is C8H4I2O2. The Bertz CT molecular complexity index is 301. The summed E-state index contributed by atoms with van der Waals surface area (Å²) < 4.78 is 1.68. The van der Waals surface area contributed by atoms with Crippen molar-refractivity contribution in [3.05, 3.63) is 30.4 Å². The standard InChI is InChI=1S/C8H4I2O2/c9-7-5(3-11)1-2-6(4-12)8(7)10/h1-4H. The largest absolute Gasteiger partial charge is 0.298 e. The maximum Gasteiger partial charge on any atom is 0.151 e. The molecule has 0 aliphatic heterocycles. The van der Waals surface area contributed by atoms with Crippen molar-refractivity contribution in [2.75, 3.05) is 0 Å². The molecule has 0 N–H and O–H groups in total. The first-order valence-corrected chi connectivity index (χ1v) is 5.24. The lowest BCUT2D eigenvalue weighted by Crippen LogP contribution is -1.94. The summed E-state index contributed by atoms with van der Waals surface area (Å²) in [4.78, 5) is 21.0. The smallest absolute Gasteiger partial charge is 0.151 e. The number of benzene rings is 1. The van der Waals surface area contributed by atoms with Crippen LogP contribution < -0.4 is 0 Å². The third-order valence-electron chi connectivity index (χ3n) is 1.40. The fraction of sp³-hybridized carbons (Fsp3) is 0. The van der Waals surface area contributed by atoms with E-state index in [9.17, 15) is 9.59 Å². The highest BCUT2D eigenvalue weighted by molar-refractivity contribution is 14.1. The molecule has 2 nitrogen and oxygen atoms in total. The molecular weight excluding hydrogens is 382 g/mol. The molecule has 0 saturated heterocycles. The second kappa shape index (κ2) is 4.31. The van der Waals surface area contributed by atoms with Crippen molar-refractivity contribution in [2.45, 2.75) is 0 Å². The molecule has 0 aliphatic carbocycles. The molecule has 1 aromatic carbocycles. The molecule has 62 valence electrons. The highest BCUT2D eigenvalue weighted by Crippen LogP contribution is 2.21. The fourth-order valence-electron chi connectivity index (χ4n) is 0.761. The van der Waals surface area contributed by atoms with Gasteiger partial charge in [0.25, 0.3) is 0 Å². The van der Waals surface area contributed by atoms with Gasteiger partial charge in [-0.2, -0.15) is 0 Å². The molecule has 1 rings (SSSR count). The van der Waals surface area contributed by atoms with Crippen LogP contribution in [-0.2, 0) is 0 Å². The van der Waals surface area contributed by atoms with E-state index >= 15 is 0 Å². The minimum atomic E-state index is 0.630. The lowest BCUT2D eigenvalue weighted by Gasteiger charge is -2.01. The number of aldehydes is 2. The topological polar surface area (TPSA) is 34.1 Å². The van der Waals surface area contributed by atoms with Crippen LogP contribution in [0, 0.1) is 7.14 Å². The van der Waals surface area contributed by atoms with Crippen LogP contribution in [0.1, 0.15) is 20.7 Å². The molecule has 12 heavy (non-hydrogen) atoms. The quantitative estimate of drug-likeness (QED) is 0.579. The Morgan fingerprint density at radius 3 is 1.50 bits per heavy atom. The van der Waals surface area contributed by atoms with E-state index < -0.39 is 0 Å². The lowest BCUT2D eigenvalue weighted by molar-refractivity contribution is 0.111. The first-order chi connectivity index (χ1) is 5.70. The second-order valence-electron chi connectivity index (χ2n) is 2.11. The minimum absolute atomic E-state index is 0.630. The van der Waals surface area contributed by atoms with Gasteiger partial charge in [0.1, 0.15) is 0 Å². The van der Waals surface area contributed by atoms with Crippen LogP contribution in [-0.4, -0.2) is 12.6 Å². The van der Waals surface area contributed by atoms with Crippen molar-refractivity contribution in [3.8, 4) is 0 Å². The van der Waals surface area contributed by atoms with Gasteiger partial charge in [0.05, 0.1) is 0 Å². The summed E-state index contributed by atoms with van der Waals surface area (Å²) in [6.07, 6.45) is 1.58. The highest BCUT2D eigenvalue weighted by Gasteiger charge is 2.06. The summed E-state index contributed by atoms with van der Waals surface area (Å²) in [5.74, 6) is 0. The van der Waals surface area contributed by atoms with Gasteiger partial charge < -0.3 is 0 Å². The zero-order valence-electron chi connectivity index (χ0n) is 5.88. The molecule has 0 aliphatic rings. The van der Waals surface area contributed by atoms with Crippen LogP contribution in [0.15, 0.2) is 12.1 Å². The van der Waals surface area contributed by atoms with E-state index in [1.807, 2.05) is 0 Å². The number of hydrogen-bond acceptors (Lipinski definition) is 2. The molecule has 0 radical (unpaired) electrons. The lowest BCUT2D eigenvalue weighted by atomic mass is 10.2. The van der Waals surface area contributed by atoms with E-state index in [0.717, 1.165) is 19.7 Å². The third kappa shape index (κ3) is 1.85. The van der Waals surface area contributed by atoms with E-state index in [4.69, 9.17) is 0 Å². The number of rotatable bonds is 2. The fourth-order valence-corrected chi connectivity index (χ4v) is 2.00. The Balaban J connectivity index is 3.38. The molecule has 0 saturated carbocycles. The number of hydrogen-bond donors (Lipinski definition) is 0. The molecule has 0 spiro atoms. The van der Waals surface area contributed by atoms with Gasteiger partial charge in [0.2, 0.25) is 0 Å². The van der Waals surface area contributed by atoms with E-state index in [2.05, 4.69) is 45.2 Å². The van der Waals surface area contributed by atoms with Crippen LogP contribution in [0.3, 0.4) is 0 Å².